The molecule has 42 heavy (non-hydrogen) atoms. The third-order valence-electron chi connectivity index (χ3n) is 9.94. The lowest BCUT2D eigenvalue weighted by atomic mass is 9.49. The first-order chi connectivity index (χ1) is 19.9. The number of aliphatic hydroxyl groups excluding tert-OH is 2. The van der Waals surface area contributed by atoms with Gasteiger partial charge < -0.3 is 33.9 Å². The van der Waals surface area contributed by atoms with E-state index in [2.05, 4.69) is 13.5 Å². The Balaban J connectivity index is 1.71. The summed E-state index contributed by atoms with van der Waals surface area (Å²) in [5.41, 5.74) is -0.392. The Bertz CT molecular complexity index is 1230. The van der Waals surface area contributed by atoms with E-state index in [1.807, 2.05) is 26.8 Å². The second-order valence-electron chi connectivity index (χ2n) is 13.1. The summed E-state index contributed by atoms with van der Waals surface area (Å²) in [6, 6.07) is 8.84. The van der Waals surface area contributed by atoms with Crippen LogP contribution in [0, 0.1) is 16.7 Å². The van der Waals surface area contributed by atoms with Crippen LogP contribution in [0.25, 0.3) is 0 Å². The van der Waals surface area contributed by atoms with Gasteiger partial charge >= 0.3 is 11.9 Å². The van der Waals surface area contributed by atoms with Crippen LogP contribution in [0.5, 0.6) is 0 Å². The summed E-state index contributed by atoms with van der Waals surface area (Å²) in [4.78, 5) is 26.3. The van der Waals surface area contributed by atoms with E-state index < -0.39 is 65.0 Å². The van der Waals surface area contributed by atoms with E-state index in [-0.39, 0.29) is 25.7 Å². The highest BCUT2D eigenvalue weighted by Gasteiger charge is 2.72. The molecule has 1 unspecified atom stereocenters. The molecule has 5 rings (SSSR count). The second-order valence-corrected chi connectivity index (χ2v) is 13.1. The molecule has 2 aliphatic heterocycles. The van der Waals surface area contributed by atoms with E-state index >= 15 is 0 Å². The molecule has 0 aromatic heterocycles. The summed E-state index contributed by atoms with van der Waals surface area (Å²) in [5.74, 6) is -1.36. The first-order valence-electron chi connectivity index (χ1n) is 14.9. The minimum atomic E-state index is -1.01. The van der Waals surface area contributed by atoms with E-state index in [0.29, 0.717) is 30.4 Å². The molecule has 0 spiro atoms. The van der Waals surface area contributed by atoms with Crippen molar-refractivity contribution in [1.29, 1.82) is 0 Å². The first-order valence-corrected chi connectivity index (χ1v) is 14.9. The Morgan fingerprint density at radius 1 is 1.17 bits per heavy atom. The quantitative estimate of drug-likeness (QED) is 0.360. The van der Waals surface area contributed by atoms with Crippen LogP contribution >= 0.6 is 0 Å². The highest BCUT2D eigenvalue weighted by molar-refractivity contribution is 5.89. The molecular weight excluding hydrogens is 540 g/mol. The molecule has 9 heteroatoms. The lowest BCUT2D eigenvalue weighted by Crippen LogP contribution is -2.75. The van der Waals surface area contributed by atoms with Gasteiger partial charge in [-0.25, -0.2) is 4.79 Å². The highest BCUT2D eigenvalue weighted by atomic mass is 16.7. The van der Waals surface area contributed by atoms with Crippen molar-refractivity contribution >= 4 is 11.9 Å². The summed E-state index contributed by atoms with van der Waals surface area (Å²) in [5, 5.41) is 20.7. The summed E-state index contributed by atoms with van der Waals surface area (Å²) in [6.07, 6.45) is -0.300. The van der Waals surface area contributed by atoms with Gasteiger partial charge in [-0.2, -0.15) is 0 Å². The van der Waals surface area contributed by atoms with Gasteiger partial charge in [-0.3, -0.25) is 4.79 Å². The number of carbonyl (C=O) groups excluding carboxylic acids is 2. The smallest absolute Gasteiger partial charge is 0.338 e. The molecule has 9 atom stereocenters. The van der Waals surface area contributed by atoms with Crippen LogP contribution in [-0.2, 0) is 28.5 Å². The van der Waals surface area contributed by atoms with Gasteiger partial charge in [-0.15, -0.1) is 0 Å². The van der Waals surface area contributed by atoms with E-state index in [4.69, 9.17) is 23.7 Å². The van der Waals surface area contributed by atoms with Gasteiger partial charge in [-0.1, -0.05) is 45.5 Å². The molecule has 0 amide bonds. The standard InChI is InChI=1S/C33H44O9/c1-7-25-40-27-26(19(2)22(36)14-16-34)31(4,5)17-23(39-30(37)21-11-9-8-10-12-21)28-32(6,29(27)41-25)15-13-24-33(28,18-38-24)42-20(3)35/h7-12,22-25,27-29,34,36H,1,13-18H2,2-6H3/b26-19-/t22-,23+,24+,25?,27+,28-,29+,32+,33-/m0/s1. The fourth-order valence-corrected chi connectivity index (χ4v) is 8.20. The molecule has 2 aliphatic carbocycles. The number of hydrogen-bond donors (Lipinski definition) is 2. The summed E-state index contributed by atoms with van der Waals surface area (Å²) < 4.78 is 31.8. The lowest BCUT2D eigenvalue weighted by molar-refractivity contribution is -0.329. The fourth-order valence-electron chi connectivity index (χ4n) is 8.20. The molecule has 9 nitrogen and oxygen atoms in total. The number of benzene rings is 1. The lowest BCUT2D eigenvalue weighted by Gasteiger charge is -2.64. The van der Waals surface area contributed by atoms with Crippen molar-refractivity contribution in [1.82, 2.24) is 0 Å². The zero-order valence-corrected chi connectivity index (χ0v) is 25.2. The maximum atomic E-state index is 13.7. The normalized spacial score (nSPS) is 38.7. The number of fused-ring (bicyclic) bond motifs is 5. The topological polar surface area (TPSA) is 121 Å². The van der Waals surface area contributed by atoms with Gasteiger partial charge in [0, 0.05) is 31.3 Å². The van der Waals surface area contributed by atoms with Crippen molar-refractivity contribution in [2.45, 2.75) is 103 Å². The molecule has 4 aliphatic rings. The molecule has 0 radical (unpaired) electrons. The first kappa shape index (κ1) is 30.9. The van der Waals surface area contributed by atoms with E-state index in [1.165, 1.54) is 6.92 Å². The number of aliphatic hydroxyl groups is 2. The molecule has 0 bridgehead atoms. The highest BCUT2D eigenvalue weighted by Crippen LogP contribution is 2.63. The van der Waals surface area contributed by atoms with Gasteiger partial charge in [0.2, 0.25) is 0 Å². The molecule has 4 fully saturated rings. The maximum absolute atomic E-state index is 13.7. The monoisotopic (exact) mass is 584 g/mol. The third-order valence-corrected chi connectivity index (χ3v) is 9.94. The van der Waals surface area contributed by atoms with Crippen LogP contribution in [0.1, 0.15) is 70.7 Å². The van der Waals surface area contributed by atoms with Crippen LogP contribution in [0.15, 0.2) is 54.1 Å². The van der Waals surface area contributed by atoms with Gasteiger partial charge in [0.05, 0.1) is 24.4 Å². The van der Waals surface area contributed by atoms with Crippen molar-refractivity contribution < 1.29 is 43.5 Å². The Morgan fingerprint density at radius 3 is 2.48 bits per heavy atom. The van der Waals surface area contributed by atoms with Crippen LogP contribution in [0.2, 0.25) is 0 Å². The predicted octanol–water partition coefficient (Wildman–Crippen LogP) is 4.11. The Morgan fingerprint density at radius 2 is 1.88 bits per heavy atom. The molecule has 2 saturated carbocycles. The fraction of sp³-hybridized carbons (Fsp3) is 0.636. The summed E-state index contributed by atoms with van der Waals surface area (Å²) in [6.45, 7) is 13.4. The maximum Gasteiger partial charge on any atom is 0.338 e. The van der Waals surface area contributed by atoms with Crippen LogP contribution in [0.3, 0.4) is 0 Å². The van der Waals surface area contributed by atoms with E-state index in [1.54, 1.807) is 30.3 Å². The van der Waals surface area contributed by atoms with Crippen molar-refractivity contribution in [3.63, 3.8) is 0 Å². The number of hydrogen-bond acceptors (Lipinski definition) is 9. The summed E-state index contributed by atoms with van der Waals surface area (Å²) in [7, 11) is 0. The number of esters is 2. The zero-order valence-electron chi connectivity index (χ0n) is 25.2. The van der Waals surface area contributed by atoms with Crippen molar-refractivity contribution in [2.24, 2.45) is 16.7 Å². The number of carbonyl (C=O) groups is 2. The molecule has 2 saturated heterocycles. The van der Waals surface area contributed by atoms with Gasteiger partial charge in [0.25, 0.3) is 0 Å². The van der Waals surface area contributed by atoms with Gasteiger partial charge in [-0.05, 0) is 61.0 Å². The molecule has 2 heterocycles. The Labute approximate surface area is 247 Å². The molecule has 1 aromatic rings. The Kier molecular flexibility index (Phi) is 8.46. The van der Waals surface area contributed by atoms with Crippen molar-refractivity contribution in [2.75, 3.05) is 13.2 Å². The molecule has 230 valence electrons. The number of rotatable bonds is 7. The van der Waals surface area contributed by atoms with Crippen molar-refractivity contribution in [3.8, 4) is 0 Å². The van der Waals surface area contributed by atoms with Crippen LogP contribution in [0.4, 0.5) is 0 Å². The molecule has 1 aromatic carbocycles. The van der Waals surface area contributed by atoms with Crippen LogP contribution < -0.4 is 0 Å². The predicted molar refractivity (Wildman–Crippen MR) is 153 cm³/mol. The average Bonchev–Trinajstić information content (AvgIpc) is 3.35. The minimum absolute atomic E-state index is 0.170. The average molecular weight is 585 g/mol. The van der Waals surface area contributed by atoms with Crippen LogP contribution in [-0.4, -0.2) is 77.8 Å². The van der Waals surface area contributed by atoms with E-state index in [0.717, 1.165) is 5.57 Å². The molecular formula is C33H44O9. The minimum Gasteiger partial charge on any atom is -0.458 e. The zero-order chi connectivity index (χ0) is 30.4. The molecule has 2 N–H and O–H groups in total. The third kappa shape index (κ3) is 5.13. The number of ether oxygens (including phenoxy) is 5. The second kappa shape index (κ2) is 11.5. The van der Waals surface area contributed by atoms with E-state index in [9.17, 15) is 19.8 Å². The Hall–Kier alpha value is -2.56. The SMILES string of the molecule is C=CC1O[C@@H]2/C(=C(\C)[C@@H](O)CCO)C(C)(C)C[C@@H](OC(=O)c3ccccc3)[C@H]3[C@@](C)(CC[C@H]4OC[C@]43OC(C)=O)[C@@H]2O1. The largest absolute Gasteiger partial charge is 0.458 e. The van der Waals surface area contributed by atoms with Gasteiger partial charge in [0.1, 0.15) is 18.3 Å². The summed E-state index contributed by atoms with van der Waals surface area (Å²) >= 11 is 0. The van der Waals surface area contributed by atoms with Gasteiger partial charge in [0.15, 0.2) is 11.9 Å². The van der Waals surface area contributed by atoms with Crippen molar-refractivity contribution in [3.05, 3.63) is 59.7 Å².